The van der Waals surface area contributed by atoms with Gasteiger partial charge in [0.2, 0.25) is 0 Å². The molecule has 1 aliphatic rings. The van der Waals surface area contributed by atoms with Gasteiger partial charge in [0, 0.05) is 20.1 Å². The molecule has 1 N–H and O–H groups in total. The molecule has 0 unspecified atom stereocenters. The number of halogens is 3. The molecule has 1 fully saturated rings. The Balaban J connectivity index is 2.34. The Hall–Kier alpha value is -1.39. The summed E-state index contributed by atoms with van der Waals surface area (Å²) in [6.07, 6.45) is -2.08. The van der Waals surface area contributed by atoms with Gasteiger partial charge in [0.05, 0.1) is 16.9 Å². The quantitative estimate of drug-likeness (QED) is 0.858. The largest absolute Gasteiger partial charge is 0.416 e. The second-order valence-electron chi connectivity index (χ2n) is 4.17. The lowest BCUT2D eigenvalue weighted by Gasteiger charge is -2.22. The predicted molar refractivity (Wildman–Crippen MR) is 62.4 cm³/mol. The van der Waals surface area contributed by atoms with E-state index in [2.05, 4.69) is 10.2 Å². The van der Waals surface area contributed by atoms with Gasteiger partial charge >= 0.3 is 6.18 Å². The van der Waals surface area contributed by atoms with Gasteiger partial charge in [-0.1, -0.05) is 0 Å². The van der Waals surface area contributed by atoms with E-state index in [4.69, 9.17) is 0 Å². The molecule has 1 heterocycles. The molecule has 1 aromatic carbocycles. The number of benzene rings is 1. The van der Waals surface area contributed by atoms with Crippen molar-refractivity contribution >= 4 is 11.4 Å². The van der Waals surface area contributed by atoms with E-state index in [-0.39, 0.29) is 0 Å². The van der Waals surface area contributed by atoms with E-state index in [0.717, 1.165) is 37.7 Å². The highest BCUT2D eigenvalue weighted by atomic mass is 19.4. The van der Waals surface area contributed by atoms with Crippen LogP contribution in [-0.2, 0) is 6.18 Å². The van der Waals surface area contributed by atoms with Gasteiger partial charge in [0.1, 0.15) is 0 Å². The van der Waals surface area contributed by atoms with Crippen LogP contribution in [0.15, 0.2) is 18.2 Å². The van der Waals surface area contributed by atoms with E-state index < -0.39 is 11.7 Å². The standard InChI is InChI=1S/C12H15F3N2/c1-16-10-8-9(12(13,14)15)4-5-11(10)17-6-2-3-7-17/h4-5,8,16H,2-3,6-7H2,1H3. The Morgan fingerprint density at radius 3 is 2.35 bits per heavy atom. The van der Waals surface area contributed by atoms with Crippen LogP contribution in [0.3, 0.4) is 0 Å². The first kappa shape index (κ1) is 12.1. The molecule has 1 aromatic rings. The zero-order chi connectivity index (χ0) is 12.5. The normalized spacial score (nSPS) is 16.4. The molecule has 0 saturated carbocycles. The molecule has 2 nitrogen and oxygen atoms in total. The molecule has 0 aromatic heterocycles. The Bertz CT molecular complexity index is 395. The van der Waals surface area contributed by atoms with Crippen LogP contribution in [0, 0.1) is 0 Å². The lowest BCUT2D eigenvalue weighted by atomic mass is 10.1. The molecule has 2 rings (SSSR count). The molecule has 0 aliphatic carbocycles. The highest BCUT2D eigenvalue weighted by Crippen LogP contribution is 2.36. The maximum absolute atomic E-state index is 12.6. The summed E-state index contributed by atoms with van der Waals surface area (Å²) >= 11 is 0. The van der Waals surface area contributed by atoms with Gasteiger partial charge in [0.15, 0.2) is 0 Å². The Morgan fingerprint density at radius 1 is 1.18 bits per heavy atom. The van der Waals surface area contributed by atoms with Crippen LogP contribution in [0.5, 0.6) is 0 Å². The molecular weight excluding hydrogens is 229 g/mol. The highest BCUT2D eigenvalue weighted by Gasteiger charge is 2.31. The van der Waals surface area contributed by atoms with E-state index in [1.165, 1.54) is 6.07 Å². The monoisotopic (exact) mass is 244 g/mol. The average molecular weight is 244 g/mol. The maximum Gasteiger partial charge on any atom is 0.416 e. The van der Waals surface area contributed by atoms with Crippen molar-refractivity contribution in [3.05, 3.63) is 23.8 Å². The Kier molecular flexibility index (Phi) is 3.17. The van der Waals surface area contributed by atoms with E-state index in [1.54, 1.807) is 13.1 Å². The fraction of sp³-hybridized carbons (Fsp3) is 0.500. The van der Waals surface area contributed by atoms with Crippen molar-refractivity contribution in [3.63, 3.8) is 0 Å². The summed E-state index contributed by atoms with van der Waals surface area (Å²) in [5, 5.41) is 2.84. The van der Waals surface area contributed by atoms with Crippen LogP contribution < -0.4 is 10.2 Å². The van der Waals surface area contributed by atoms with Crippen LogP contribution in [-0.4, -0.2) is 20.1 Å². The summed E-state index contributed by atoms with van der Waals surface area (Å²) in [5.41, 5.74) is 0.796. The lowest BCUT2D eigenvalue weighted by molar-refractivity contribution is -0.137. The van der Waals surface area contributed by atoms with Gasteiger partial charge in [-0.05, 0) is 31.0 Å². The van der Waals surface area contributed by atoms with Crippen LogP contribution in [0.2, 0.25) is 0 Å². The van der Waals surface area contributed by atoms with Crippen molar-refractivity contribution in [3.8, 4) is 0 Å². The number of anilines is 2. The molecule has 5 heteroatoms. The van der Waals surface area contributed by atoms with Crippen molar-refractivity contribution in [1.82, 2.24) is 0 Å². The van der Waals surface area contributed by atoms with Gasteiger partial charge in [0.25, 0.3) is 0 Å². The number of nitrogens with one attached hydrogen (secondary N) is 1. The first-order valence-electron chi connectivity index (χ1n) is 5.66. The number of hydrogen-bond acceptors (Lipinski definition) is 2. The second-order valence-corrected chi connectivity index (χ2v) is 4.17. The minimum absolute atomic E-state index is 0.543. The third-order valence-corrected chi connectivity index (χ3v) is 3.04. The van der Waals surface area contributed by atoms with E-state index >= 15 is 0 Å². The van der Waals surface area contributed by atoms with Crippen LogP contribution in [0.1, 0.15) is 18.4 Å². The molecule has 0 radical (unpaired) electrons. The Morgan fingerprint density at radius 2 is 1.82 bits per heavy atom. The van der Waals surface area contributed by atoms with Crippen LogP contribution in [0.4, 0.5) is 24.5 Å². The molecular formula is C12H15F3N2. The van der Waals surface area contributed by atoms with Crippen LogP contribution in [0.25, 0.3) is 0 Å². The number of hydrogen-bond donors (Lipinski definition) is 1. The van der Waals surface area contributed by atoms with Crippen molar-refractivity contribution in [1.29, 1.82) is 0 Å². The third kappa shape index (κ3) is 2.48. The summed E-state index contributed by atoms with van der Waals surface area (Å²) in [7, 11) is 1.65. The minimum atomic E-state index is -4.28. The van der Waals surface area contributed by atoms with Crippen molar-refractivity contribution in [2.45, 2.75) is 19.0 Å². The molecule has 1 aliphatic heterocycles. The SMILES string of the molecule is CNc1cc(C(F)(F)F)ccc1N1CCCC1. The fourth-order valence-corrected chi connectivity index (χ4v) is 2.15. The summed E-state index contributed by atoms with van der Waals surface area (Å²) < 4.78 is 37.7. The van der Waals surface area contributed by atoms with Crippen molar-refractivity contribution in [2.75, 3.05) is 30.4 Å². The summed E-state index contributed by atoms with van der Waals surface area (Å²) in [6.45, 7) is 1.83. The highest BCUT2D eigenvalue weighted by molar-refractivity contribution is 5.71. The maximum atomic E-state index is 12.6. The van der Waals surface area contributed by atoms with Gasteiger partial charge < -0.3 is 10.2 Å². The predicted octanol–water partition coefficient (Wildman–Crippen LogP) is 3.35. The van der Waals surface area contributed by atoms with Crippen molar-refractivity contribution in [2.24, 2.45) is 0 Å². The summed E-state index contributed by atoms with van der Waals surface area (Å²) in [4.78, 5) is 2.12. The minimum Gasteiger partial charge on any atom is -0.386 e. The zero-order valence-corrected chi connectivity index (χ0v) is 9.64. The zero-order valence-electron chi connectivity index (χ0n) is 9.64. The Labute approximate surface area is 98.4 Å². The van der Waals surface area contributed by atoms with E-state index in [1.807, 2.05) is 0 Å². The molecule has 0 spiro atoms. The smallest absolute Gasteiger partial charge is 0.386 e. The summed E-state index contributed by atoms with van der Waals surface area (Å²) in [5.74, 6) is 0. The van der Waals surface area contributed by atoms with E-state index in [0.29, 0.717) is 5.69 Å². The van der Waals surface area contributed by atoms with Gasteiger partial charge in [-0.3, -0.25) is 0 Å². The molecule has 0 amide bonds. The first-order chi connectivity index (χ1) is 8.02. The van der Waals surface area contributed by atoms with Crippen LogP contribution >= 0.6 is 0 Å². The third-order valence-electron chi connectivity index (χ3n) is 3.04. The number of nitrogens with zero attached hydrogens (tertiary/aromatic N) is 1. The molecule has 94 valence electrons. The molecule has 17 heavy (non-hydrogen) atoms. The number of rotatable bonds is 2. The molecule has 1 saturated heterocycles. The topological polar surface area (TPSA) is 15.3 Å². The average Bonchev–Trinajstić information content (AvgIpc) is 2.80. The number of alkyl halides is 3. The first-order valence-corrected chi connectivity index (χ1v) is 5.66. The van der Waals surface area contributed by atoms with Gasteiger partial charge in [-0.15, -0.1) is 0 Å². The molecule has 0 bridgehead atoms. The van der Waals surface area contributed by atoms with Gasteiger partial charge in [-0.25, -0.2) is 0 Å². The second kappa shape index (κ2) is 4.47. The fourth-order valence-electron chi connectivity index (χ4n) is 2.15. The lowest BCUT2D eigenvalue weighted by Crippen LogP contribution is -2.19. The molecule has 0 atom stereocenters. The summed E-state index contributed by atoms with van der Waals surface area (Å²) in [6, 6.07) is 3.88. The van der Waals surface area contributed by atoms with Crippen molar-refractivity contribution < 1.29 is 13.2 Å². The van der Waals surface area contributed by atoms with E-state index in [9.17, 15) is 13.2 Å². The van der Waals surface area contributed by atoms with Gasteiger partial charge in [-0.2, -0.15) is 13.2 Å².